The highest BCUT2D eigenvalue weighted by molar-refractivity contribution is 7.93. The van der Waals surface area contributed by atoms with Gasteiger partial charge in [0.1, 0.15) is 12.3 Å². The molecule has 0 fully saturated rings. The van der Waals surface area contributed by atoms with Gasteiger partial charge in [0.15, 0.2) is 0 Å². The van der Waals surface area contributed by atoms with Crippen molar-refractivity contribution in [2.24, 2.45) is 5.92 Å². The molecule has 158 valence electrons. The molecule has 0 saturated heterocycles. The van der Waals surface area contributed by atoms with Gasteiger partial charge in [-0.1, -0.05) is 26.0 Å². The van der Waals surface area contributed by atoms with Gasteiger partial charge in [0.25, 0.3) is 10.0 Å². The lowest BCUT2D eigenvalue weighted by Gasteiger charge is -2.25. The fraction of sp³-hybridized carbons (Fsp3) is 0.409. The number of hydrogen-bond donors (Lipinski definition) is 1. The number of ether oxygens (including phenoxy) is 1. The highest BCUT2D eigenvalue weighted by Crippen LogP contribution is 2.27. The number of hydrogen-bond acceptors (Lipinski definition) is 4. The van der Waals surface area contributed by atoms with Crippen molar-refractivity contribution in [2.75, 3.05) is 24.5 Å². The second-order valence-electron chi connectivity index (χ2n) is 7.51. The van der Waals surface area contributed by atoms with Crippen molar-refractivity contribution < 1.29 is 17.9 Å². The minimum Gasteiger partial charge on any atom is -0.497 e. The van der Waals surface area contributed by atoms with Crippen molar-refractivity contribution in [1.29, 1.82) is 0 Å². The standard InChI is InChI=1S/C22H30N2O4S/c1-16(2)12-13-23-22(25)15-24(19-8-10-20(28-5)11-9-19)29(26,27)21-14-17(3)6-7-18(21)4/h6-11,14,16H,12-13,15H2,1-5H3,(H,23,25). The number of aryl methyl sites for hydroxylation is 2. The SMILES string of the molecule is COc1ccc(N(CC(=O)NCCC(C)C)S(=O)(=O)c2cc(C)ccc2C)cc1. The molecule has 0 aliphatic heterocycles. The number of carbonyl (C=O) groups excluding carboxylic acids is 1. The minimum atomic E-state index is -3.93. The molecule has 0 aromatic heterocycles. The average Bonchev–Trinajstić information content (AvgIpc) is 2.67. The Balaban J connectivity index is 2.40. The maximum atomic E-state index is 13.5. The monoisotopic (exact) mass is 418 g/mol. The van der Waals surface area contributed by atoms with Gasteiger partial charge in [-0.3, -0.25) is 9.10 Å². The Morgan fingerprint density at radius 2 is 1.76 bits per heavy atom. The lowest BCUT2D eigenvalue weighted by molar-refractivity contribution is -0.119. The average molecular weight is 419 g/mol. The zero-order valence-corrected chi connectivity index (χ0v) is 18.5. The van der Waals surface area contributed by atoms with E-state index in [4.69, 9.17) is 4.74 Å². The van der Waals surface area contributed by atoms with Crippen LogP contribution in [0.4, 0.5) is 5.69 Å². The molecule has 0 aliphatic carbocycles. The Morgan fingerprint density at radius 1 is 1.10 bits per heavy atom. The first-order chi connectivity index (χ1) is 13.6. The number of amides is 1. The number of anilines is 1. The van der Waals surface area contributed by atoms with E-state index in [0.717, 1.165) is 16.3 Å². The number of rotatable bonds is 9. The third-order valence-corrected chi connectivity index (χ3v) is 6.52. The molecule has 0 spiro atoms. The van der Waals surface area contributed by atoms with Crippen LogP contribution in [-0.2, 0) is 14.8 Å². The fourth-order valence-corrected chi connectivity index (χ4v) is 4.59. The molecule has 7 heteroatoms. The Hall–Kier alpha value is -2.54. The molecular formula is C22H30N2O4S. The molecular weight excluding hydrogens is 388 g/mol. The molecule has 0 atom stereocenters. The Bertz CT molecular complexity index is 938. The van der Waals surface area contributed by atoms with Gasteiger partial charge in [-0.2, -0.15) is 0 Å². The summed E-state index contributed by atoms with van der Waals surface area (Å²) in [5, 5.41) is 2.82. The van der Waals surface area contributed by atoms with E-state index < -0.39 is 10.0 Å². The first-order valence-electron chi connectivity index (χ1n) is 9.66. The van der Waals surface area contributed by atoms with Gasteiger partial charge in [-0.15, -0.1) is 0 Å². The zero-order chi connectivity index (χ0) is 21.6. The third-order valence-electron chi connectivity index (χ3n) is 4.60. The highest BCUT2D eigenvalue weighted by atomic mass is 32.2. The predicted molar refractivity (Wildman–Crippen MR) is 116 cm³/mol. The fourth-order valence-electron chi connectivity index (χ4n) is 2.85. The van der Waals surface area contributed by atoms with Crippen molar-refractivity contribution in [3.63, 3.8) is 0 Å². The molecule has 2 aromatic carbocycles. The molecule has 0 saturated carbocycles. The number of sulfonamides is 1. The van der Waals surface area contributed by atoms with Crippen molar-refractivity contribution in [3.8, 4) is 5.75 Å². The predicted octanol–water partition coefficient (Wildman–Crippen LogP) is 3.67. The summed E-state index contributed by atoms with van der Waals surface area (Å²) in [7, 11) is -2.39. The van der Waals surface area contributed by atoms with Gasteiger partial charge in [0.2, 0.25) is 5.91 Å². The lowest BCUT2D eigenvalue weighted by atomic mass is 10.1. The second-order valence-corrected chi connectivity index (χ2v) is 9.34. The van der Waals surface area contributed by atoms with E-state index in [0.29, 0.717) is 29.5 Å². The smallest absolute Gasteiger partial charge is 0.265 e. The molecule has 0 bridgehead atoms. The van der Waals surface area contributed by atoms with E-state index >= 15 is 0 Å². The van der Waals surface area contributed by atoms with Crippen LogP contribution in [-0.4, -0.2) is 34.5 Å². The quantitative estimate of drug-likeness (QED) is 0.674. The highest BCUT2D eigenvalue weighted by Gasteiger charge is 2.28. The van der Waals surface area contributed by atoms with Gasteiger partial charge in [0.05, 0.1) is 17.7 Å². The Kier molecular flexibility index (Phi) is 7.67. The van der Waals surface area contributed by atoms with Crippen LogP contribution in [0.15, 0.2) is 47.4 Å². The van der Waals surface area contributed by atoms with E-state index in [1.807, 2.05) is 13.0 Å². The van der Waals surface area contributed by atoms with Crippen LogP contribution < -0.4 is 14.4 Å². The van der Waals surface area contributed by atoms with Crippen molar-refractivity contribution in [1.82, 2.24) is 5.32 Å². The van der Waals surface area contributed by atoms with E-state index in [-0.39, 0.29) is 17.3 Å². The normalized spacial score (nSPS) is 11.4. The third kappa shape index (κ3) is 5.97. The summed E-state index contributed by atoms with van der Waals surface area (Å²) in [5.74, 6) is 0.723. The van der Waals surface area contributed by atoms with E-state index in [2.05, 4.69) is 19.2 Å². The maximum absolute atomic E-state index is 13.5. The number of benzene rings is 2. The Morgan fingerprint density at radius 3 is 2.34 bits per heavy atom. The number of carbonyl (C=O) groups is 1. The summed E-state index contributed by atoms with van der Waals surface area (Å²) in [6, 6.07) is 11.9. The van der Waals surface area contributed by atoms with Crippen LogP contribution in [0.5, 0.6) is 5.75 Å². The van der Waals surface area contributed by atoms with E-state index in [9.17, 15) is 13.2 Å². The van der Waals surface area contributed by atoms with Crippen molar-refractivity contribution >= 4 is 21.6 Å². The van der Waals surface area contributed by atoms with E-state index in [1.165, 1.54) is 0 Å². The minimum absolute atomic E-state index is 0.197. The van der Waals surface area contributed by atoms with Crippen molar-refractivity contribution in [2.45, 2.75) is 39.0 Å². The molecule has 29 heavy (non-hydrogen) atoms. The molecule has 0 aliphatic rings. The van der Waals surface area contributed by atoms with Gasteiger partial charge in [-0.05, 0) is 67.6 Å². The summed E-state index contributed by atoms with van der Waals surface area (Å²) in [6.45, 7) is 7.95. The van der Waals surface area contributed by atoms with Crippen molar-refractivity contribution in [3.05, 3.63) is 53.6 Å². The topological polar surface area (TPSA) is 75.7 Å². The first-order valence-corrected chi connectivity index (χ1v) is 11.1. The largest absolute Gasteiger partial charge is 0.497 e. The van der Waals surface area contributed by atoms with Crippen LogP contribution in [0.1, 0.15) is 31.4 Å². The zero-order valence-electron chi connectivity index (χ0n) is 17.7. The molecule has 1 N–H and O–H groups in total. The molecule has 0 unspecified atom stereocenters. The van der Waals surface area contributed by atoms with Crippen LogP contribution >= 0.6 is 0 Å². The summed E-state index contributed by atoms with van der Waals surface area (Å²) in [4.78, 5) is 12.7. The van der Waals surface area contributed by atoms with Crippen LogP contribution in [0, 0.1) is 19.8 Å². The molecule has 2 aromatic rings. The molecule has 1 amide bonds. The number of nitrogens with one attached hydrogen (secondary N) is 1. The number of methoxy groups -OCH3 is 1. The van der Waals surface area contributed by atoms with Crippen LogP contribution in [0.25, 0.3) is 0 Å². The summed E-state index contributed by atoms with van der Waals surface area (Å²) in [5.41, 5.74) is 1.88. The summed E-state index contributed by atoms with van der Waals surface area (Å²) < 4.78 is 33.3. The Labute approximate surface area is 173 Å². The van der Waals surface area contributed by atoms with Gasteiger partial charge < -0.3 is 10.1 Å². The first kappa shape index (κ1) is 22.7. The lowest BCUT2D eigenvalue weighted by Crippen LogP contribution is -2.41. The van der Waals surface area contributed by atoms with Gasteiger partial charge >= 0.3 is 0 Å². The van der Waals surface area contributed by atoms with Crippen LogP contribution in [0.3, 0.4) is 0 Å². The summed E-state index contributed by atoms with van der Waals surface area (Å²) >= 11 is 0. The molecule has 0 radical (unpaired) electrons. The van der Waals surface area contributed by atoms with Crippen LogP contribution in [0.2, 0.25) is 0 Å². The van der Waals surface area contributed by atoms with Gasteiger partial charge in [0, 0.05) is 6.54 Å². The van der Waals surface area contributed by atoms with Gasteiger partial charge in [-0.25, -0.2) is 8.42 Å². The second kappa shape index (κ2) is 9.78. The number of nitrogens with zero attached hydrogens (tertiary/aromatic N) is 1. The summed E-state index contributed by atoms with van der Waals surface area (Å²) in [6.07, 6.45) is 0.831. The molecule has 6 nitrogen and oxygen atoms in total. The molecule has 0 heterocycles. The molecule has 2 rings (SSSR count). The van der Waals surface area contributed by atoms with E-state index in [1.54, 1.807) is 50.4 Å². The maximum Gasteiger partial charge on any atom is 0.265 e.